The lowest BCUT2D eigenvalue weighted by molar-refractivity contribution is -0.142. The minimum atomic E-state index is -0.453. The lowest BCUT2D eigenvalue weighted by atomic mass is 10.0. The molecule has 0 radical (unpaired) electrons. The predicted molar refractivity (Wildman–Crippen MR) is 152 cm³/mol. The number of pyridine rings is 1. The van der Waals surface area contributed by atoms with Gasteiger partial charge < -0.3 is 23.8 Å². The number of amides is 1. The number of hydrogen-bond donors (Lipinski definition) is 0. The predicted octanol–water partition coefficient (Wildman–Crippen LogP) is 6.29. The van der Waals surface area contributed by atoms with Gasteiger partial charge in [-0.1, -0.05) is 29.8 Å². The molecule has 0 bridgehead atoms. The second-order valence-electron chi connectivity index (χ2n) is 9.44. The first kappa shape index (κ1) is 26.8. The molecule has 1 aliphatic heterocycles. The average molecular weight is 547 g/mol. The highest BCUT2D eigenvalue weighted by atomic mass is 35.5. The summed E-state index contributed by atoms with van der Waals surface area (Å²) >= 11 is 6.31. The molecule has 2 heterocycles. The smallest absolute Gasteiger partial charge is 0.252 e. The second kappa shape index (κ2) is 11.9. The lowest BCUT2D eigenvalue weighted by Gasteiger charge is -2.27. The van der Waals surface area contributed by atoms with Gasteiger partial charge in [0.1, 0.15) is 23.4 Å². The minimum Gasteiger partial charge on any atom is -0.497 e. The van der Waals surface area contributed by atoms with Crippen molar-refractivity contribution in [2.24, 2.45) is 0 Å². The Morgan fingerprint density at radius 3 is 2.41 bits per heavy atom. The number of benzene rings is 3. The molecule has 1 saturated heterocycles. The molecule has 1 amide bonds. The van der Waals surface area contributed by atoms with Crippen LogP contribution in [0.4, 0.5) is 0 Å². The van der Waals surface area contributed by atoms with Crippen molar-refractivity contribution in [3.05, 3.63) is 82.9 Å². The molecule has 5 rings (SSSR count). The molecule has 8 heteroatoms. The maximum atomic E-state index is 13.8. The number of halogens is 1. The summed E-state index contributed by atoms with van der Waals surface area (Å²) < 4.78 is 22.3. The van der Waals surface area contributed by atoms with Crippen LogP contribution in [0.2, 0.25) is 5.02 Å². The Kier molecular flexibility index (Phi) is 8.19. The van der Waals surface area contributed by atoms with Gasteiger partial charge in [0.15, 0.2) is 0 Å². The van der Waals surface area contributed by atoms with E-state index in [1.807, 2.05) is 65.6 Å². The van der Waals surface area contributed by atoms with Crippen LogP contribution in [-0.2, 0) is 22.6 Å². The van der Waals surface area contributed by atoms with Crippen molar-refractivity contribution in [2.75, 3.05) is 27.9 Å². The molecule has 7 nitrogen and oxygen atoms in total. The highest BCUT2D eigenvalue weighted by molar-refractivity contribution is 6.31. The number of carbonyl (C=O) groups excluding carboxylic acids is 1. The summed E-state index contributed by atoms with van der Waals surface area (Å²) in [6.07, 6.45) is 1.13. The molecular formula is C31H31ClN2O5. The topological polar surface area (TPSA) is 70.1 Å². The number of ether oxygens (including phenoxy) is 4. The Hall–Kier alpha value is -3.81. The summed E-state index contributed by atoms with van der Waals surface area (Å²) in [6, 6.07) is 21.0. The van der Waals surface area contributed by atoms with Gasteiger partial charge in [-0.3, -0.25) is 4.79 Å². The standard InChI is InChI=1S/C31H31ClN2O5/c1-36-24-10-6-20(7-11-24)18-34(31(35)29-5-4-14-39-29)19-22-15-21-8-9-23(32)16-27(21)33-30(22)26-17-25(37-2)12-13-28(26)38-3/h6-13,15-17,29H,4-5,14,18-19H2,1-3H3/t29-/m0/s1. The zero-order chi connectivity index (χ0) is 27.4. The molecule has 3 aromatic carbocycles. The first-order valence-corrected chi connectivity index (χ1v) is 13.2. The average Bonchev–Trinajstić information content (AvgIpc) is 3.51. The number of methoxy groups -OCH3 is 3. The van der Waals surface area contributed by atoms with E-state index in [0.717, 1.165) is 39.8 Å². The van der Waals surface area contributed by atoms with Crippen molar-refractivity contribution in [3.8, 4) is 28.5 Å². The third-order valence-electron chi connectivity index (χ3n) is 6.93. The van der Waals surface area contributed by atoms with Gasteiger partial charge in [0, 0.05) is 35.7 Å². The third kappa shape index (κ3) is 5.95. The van der Waals surface area contributed by atoms with E-state index in [1.54, 1.807) is 21.3 Å². The molecule has 39 heavy (non-hydrogen) atoms. The first-order valence-electron chi connectivity index (χ1n) is 12.8. The number of hydrogen-bond acceptors (Lipinski definition) is 6. The van der Waals surface area contributed by atoms with Gasteiger partial charge in [0.25, 0.3) is 5.91 Å². The third-order valence-corrected chi connectivity index (χ3v) is 7.17. The normalized spacial score (nSPS) is 14.8. The van der Waals surface area contributed by atoms with Crippen LogP contribution in [0.5, 0.6) is 17.2 Å². The van der Waals surface area contributed by atoms with Gasteiger partial charge in [0.05, 0.1) is 32.5 Å². The second-order valence-corrected chi connectivity index (χ2v) is 9.88. The van der Waals surface area contributed by atoms with E-state index in [2.05, 4.69) is 6.07 Å². The highest BCUT2D eigenvalue weighted by Crippen LogP contribution is 2.37. The van der Waals surface area contributed by atoms with Crippen molar-refractivity contribution < 1.29 is 23.7 Å². The summed E-state index contributed by atoms with van der Waals surface area (Å²) in [5, 5.41) is 1.52. The molecule has 0 N–H and O–H groups in total. The zero-order valence-corrected chi connectivity index (χ0v) is 23.0. The van der Waals surface area contributed by atoms with E-state index in [9.17, 15) is 4.79 Å². The number of nitrogens with zero attached hydrogens (tertiary/aromatic N) is 2. The van der Waals surface area contributed by atoms with E-state index in [1.165, 1.54) is 0 Å². The molecule has 202 valence electrons. The van der Waals surface area contributed by atoms with Crippen molar-refractivity contribution in [3.63, 3.8) is 0 Å². The van der Waals surface area contributed by atoms with Gasteiger partial charge in [-0.05, 0) is 72.5 Å². The Morgan fingerprint density at radius 1 is 0.949 bits per heavy atom. The summed E-state index contributed by atoms with van der Waals surface area (Å²) in [7, 11) is 4.88. The first-order chi connectivity index (χ1) is 19.0. The van der Waals surface area contributed by atoms with E-state index in [-0.39, 0.29) is 5.91 Å². The van der Waals surface area contributed by atoms with E-state index in [4.69, 9.17) is 35.5 Å². The van der Waals surface area contributed by atoms with Crippen LogP contribution in [0.1, 0.15) is 24.0 Å². The Bertz CT molecular complexity index is 1470. The van der Waals surface area contributed by atoms with Crippen LogP contribution in [0, 0.1) is 0 Å². The number of aromatic nitrogens is 1. The molecule has 0 spiro atoms. The highest BCUT2D eigenvalue weighted by Gasteiger charge is 2.29. The fraction of sp³-hybridized carbons (Fsp3) is 0.290. The van der Waals surface area contributed by atoms with Gasteiger partial charge >= 0.3 is 0 Å². The van der Waals surface area contributed by atoms with Gasteiger partial charge in [-0.25, -0.2) is 4.98 Å². The number of carbonyl (C=O) groups is 1. The molecule has 1 atom stereocenters. The summed E-state index contributed by atoms with van der Waals surface area (Å²) in [5.41, 5.74) is 4.07. The fourth-order valence-electron chi connectivity index (χ4n) is 4.88. The molecule has 0 aliphatic carbocycles. The zero-order valence-electron chi connectivity index (χ0n) is 22.3. The fourth-order valence-corrected chi connectivity index (χ4v) is 5.05. The van der Waals surface area contributed by atoms with Gasteiger partial charge in [-0.2, -0.15) is 0 Å². The Balaban J connectivity index is 1.61. The molecule has 0 unspecified atom stereocenters. The molecule has 1 aromatic heterocycles. The van der Waals surface area contributed by atoms with Gasteiger partial charge in [-0.15, -0.1) is 0 Å². The van der Waals surface area contributed by atoms with E-state index < -0.39 is 6.10 Å². The molecule has 0 saturated carbocycles. The number of fused-ring (bicyclic) bond motifs is 1. The maximum Gasteiger partial charge on any atom is 0.252 e. The Morgan fingerprint density at radius 2 is 1.72 bits per heavy atom. The summed E-state index contributed by atoms with van der Waals surface area (Å²) in [4.78, 5) is 20.6. The van der Waals surface area contributed by atoms with E-state index >= 15 is 0 Å². The van der Waals surface area contributed by atoms with Crippen LogP contribution >= 0.6 is 11.6 Å². The van der Waals surface area contributed by atoms with Crippen molar-refractivity contribution >= 4 is 28.4 Å². The number of rotatable bonds is 9. The molecule has 4 aromatic rings. The molecular weight excluding hydrogens is 516 g/mol. The quantitative estimate of drug-likeness (QED) is 0.246. The maximum absolute atomic E-state index is 13.8. The van der Waals surface area contributed by atoms with Crippen LogP contribution in [0.3, 0.4) is 0 Å². The van der Waals surface area contributed by atoms with E-state index in [0.29, 0.717) is 48.3 Å². The van der Waals surface area contributed by atoms with Crippen LogP contribution in [0.25, 0.3) is 22.2 Å². The van der Waals surface area contributed by atoms with Crippen LogP contribution in [0.15, 0.2) is 66.7 Å². The SMILES string of the molecule is COc1ccc(CN(Cc2cc3ccc(Cl)cc3nc2-c2cc(OC)ccc2OC)C(=O)[C@@H]2CCCO2)cc1. The minimum absolute atomic E-state index is 0.0388. The van der Waals surface area contributed by atoms with Crippen molar-refractivity contribution in [1.29, 1.82) is 0 Å². The molecule has 1 aliphatic rings. The summed E-state index contributed by atoms with van der Waals surface area (Å²) in [6.45, 7) is 1.33. The van der Waals surface area contributed by atoms with Crippen LogP contribution < -0.4 is 14.2 Å². The molecule has 1 fully saturated rings. The van der Waals surface area contributed by atoms with Crippen LogP contribution in [-0.4, -0.2) is 49.8 Å². The Labute approximate surface area is 233 Å². The largest absolute Gasteiger partial charge is 0.497 e. The van der Waals surface area contributed by atoms with Crippen molar-refractivity contribution in [1.82, 2.24) is 9.88 Å². The monoisotopic (exact) mass is 546 g/mol. The summed E-state index contributed by atoms with van der Waals surface area (Å²) in [5.74, 6) is 2.05. The lowest BCUT2D eigenvalue weighted by Crippen LogP contribution is -2.38. The van der Waals surface area contributed by atoms with Gasteiger partial charge in [0.2, 0.25) is 0 Å². The van der Waals surface area contributed by atoms with Crippen molar-refractivity contribution in [2.45, 2.75) is 32.0 Å².